The highest BCUT2D eigenvalue weighted by Gasteiger charge is 2.19. The van der Waals surface area contributed by atoms with E-state index in [2.05, 4.69) is 10.3 Å². The maximum Gasteiger partial charge on any atom is 0.303 e. The topological polar surface area (TPSA) is 125 Å². The summed E-state index contributed by atoms with van der Waals surface area (Å²) in [5.74, 6) is -1.50. The number of rotatable bonds is 8. The number of nitrogens with zero attached hydrogens (tertiary/aromatic N) is 1. The van der Waals surface area contributed by atoms with Crippen molar-refractivity contribution in [2.45, 2.75) is 25.4 Å². The van der Waals surface area contributed by atoms with Gasteiger partial charge in [0.2, 0.25) is 0 Å². The molecule has 114 valence electrons. The molecule has 0 aromatic heterocycles. The fourth-order valence-corrected chi connectivity index (χ4v) is 1.68. The van der Waals surface area contributed by atoms with Crippen LogP contribution < -0.4 is 11.1 Å². The molecule has 7 heteroatoms. The van der Waals surface area contributed by atoms with Gasteiger partial charge in [0.15, 0.2) is 11.7 Å². The van der Waals surface area contributed by atoms with Gasteiger partial charge in [-0.1, -0.05) is 30.3 Å². The lowest BCUT2D eigenvalue weighted by Crippen LogP contribution is -2.46. The highest BCUT2D eigenvalue weighted by atomic mass is 16.4. The van der Waals surface area contributed by atoms with Crippen molar-refractivity contribution in [1.29, 1.82) is 0 Å². The van der Waals surface area contributed by atoms with Crippen molar-refractivity contribution in [2.75, 3.05) is 6.61 Å². The normalized spacial score (nSPS) is 12.7. The largest absolute Gasteiger partial charge is 0.481 e. The average Bonchev–Trinajstić information content (AvgIpc) is 2.49. The van der Waals surface area contributed by atoms with Crippen LogP contribution in [0.2, 0.25) is 0 Å². The van der Waals surface area contributed by atoms with Crippen molar-refractivity contribution < 1.29 is 19.8 Å². The first-order valence-electron chi connectivity index (χ1n) is 6.48. The molecule has 1 aromatic rings. The number of nitrogens with two attached hydrogens (primary N) is 1. The Bertz CT molecular complexity index is 502. The predicted octanol–water partition coefficient (Wildman–Crippen LogP) is -0.114. The van der Waals surface area contributed by atoms with Crippen molar-refractivity contribution >= 4 is 17.7 Å². The van der Waals surface area contributed by atoms with E-state index < -0.39 is 24.4 Å². The van der Waals surface area contributed by atoms with Crippen molar-refractivity contribution in [1.82, 2.24) is 5.32 Å². The van der Waals surface area contributed by atoms with Crippen molar-refractivity contribution in [3.8, 4) is 0 Å². The first-order valence-corrected chi connectivity index (χ1v) is 6.48. The maximum absolute atomic E-state index is 11.5. The third-order valence-corrected chi connectivity index (χ3v) is 2.79. The van der Waals surface area contributed by atoms with Gasteiger partial charge < -0.3 is 21.3 Å². The fraction of sp³-hybridized carbons (Fsp3) is 0.357. The number of Topliss-reactive ketones (excluding diaryl/α,β-unsaturated/α-hetero) is 1. The minimum absolute atomic E-state index is 0.0380. The highest BCUT2D eigenvalue weighted by Crippen LogP contribution is 2.01. The molecule has 0 amide bonds. The molecule has 0 bridgehead atoms. The van der Waals surface area contributed by atoms with E-state index in [1.165, 1.54) is 0 Å². The molecular weight excluding hydrogens is 274 g/mol. The van der Waals surface area contributed by atoms with Crippen molar-refractivity contribution in [2.24, 2.45) is 10.7 Å². The average molecular weight is 293 g/mol. The summed E-state index contributed by atoms with van der Waals surface area (Å²) >= 11 is 0. The zero-order valence-electron chi connectivity index (χ0n) is 11.5. The number of carboxylic acids is 1. The van der Waals surface area contributed by atoms with E-state index in [0.29, 0.717) is 6.54 Å². The van der Waals surface area contributed by atoms with Gasteiger partial charge in [0, 0.05) is 6.42 Å². The number of hydrogen-bond acceptors (Lipinski definition) is 4. The number of ketones is 1. The number of hydrogen-bond donors (Lipinski definition) is 4. The molecule has 21 heavy (non-hydrogen) atoms. The molecule has 0 aliphatic carbocycles. The van der Waals surface area contributed by atoms with Crippen LogP contribution in [0, 0.1) is 0 Å². The van der Waals surface area contributed by atoms with E-state index in [1.807, 2.05) is 30.3 Å². The predicted molar refractivity (Wildman–Crippen MR) is 77.7 cm³/mol. The first-order chi connectivity index (χ1) is 10.0. The molecule has 7 nitrogen and oxygen atoms in total. The Labute approximate surface area is 122 Å². The van der Waals surface area contributed by atoms with E-state index in [1.54, 1.807) is 0 Å². The van der Waals surface area contributed by atoms with Crippen LogP contribution >= 0.6 is 0 Å². The Morgan fingerprint density at radius 2 is 1.95 bits per heavy atom. The van der Waals surface area contributed by atoms with E-state index in [-0.39, 0.29) is 18.8 Å². The minimum atomic E-state index is -1.02. The summed E-state index contributed by atoms with van der Waals surface area (Å²) < 4.78 is 0. The third-order valence-electron chi connectivity index (χ3n) is 2.79. The van der Waals surface area contributed by atoms with Gasteiger partial charge in [-0.15, -0.1) is 0 Å². The summed E-state index contributed by atoms with van der Waals surface area (Å²) in [4.78, 5) is 26.1. The molecule has 1 aromatic carbocycles. The van der Waals surface area contributed by atoms with E-state index in [9.17, 15) is 9.59 Å². The number of carboxylic acid groups (broad SMARTS) is 1. The van der Waals surface area contributed by atoms with Crippen LogP contribution in [0.15, 0.2) is 35.3 Å². The fourth-order valence-electron chi connectivity index (χ4n) is 1.68. The van der Waals surface area contributed by atoms with Crippen LogP contribution in [-0.4, -0.2) is 40.6 Å². The first kappa shape index (κ1) is 16.6. The minimum Gasteiger partial charge on any atom is -0.481 e. The molecule has 0 fully saturated rings. The molecule has 0 radical (unpaired) electrons. The molecule has 0 heterocycles. The van der Waals surface area contributed by atoms with Crippen LogP contribution in [-0.2, 0) is 16.1 Å². The summed E-state index contributed by atoms with van der Waals surface area (Å²) in [5.41, 5.74) is 6.64. The number of nitrogens with one attached hydrogen (secondary N) is 1. The molecule has 1 atom stereocenters. The van der Waals surface area contributed by atoms with E-state index in [4.69, 9.17) is 15.9 Å². The summed E-state index contributed by atoms with van der Waals surface area (Å²) in [6.45, 7) is -0.331. The summed E-state index contributed by atoms with van der Waals surface area (Å²) in [7, 11) is 0. The SMILES string of the molecule is NC(=NCc1ccccc1)NC(CCC(=O)O)C(=O)CO. The highest BCUT2D eigenvalue weighted by molar-refractivity contribution is 5.90. The third kappa shape index (κ3) is 6.53. The Hall–Kier alpha value is -2.41. The maximum atomic E-state index is 11.5. The van der Waals surface area contributed by atoms with E-state index in [0.717, 1.165) is 5.56 Å². The second-order valence-electron chi connectivity index (χ2n) is 4.44. The number of aliphatic imine (C=N–C) groups is 1. The molecule has 0 aliphatic heterocycles. The monoisotopic (exact) mass is 293 g/mol. The van der Waals surface area contributed by atoms with Gasteiger partial charge in [0.25, 0.3) is 0 Å². The molecule has 1 unspecified atom stereocenters. The van der Waals surface area contributed by atoms with Gasteiger partial charge in [-0.25, -0.2) is 4.99 Å². The van der Waals surface area contributed by atoms with Gasteiger partial charge in [0.1, 0.15) is 6.61 Å². The summed E-state index contributed by atoms with van der Waals surface area (Å²) in [6, 6.07) is 8.55. The van der Waals surface area contributed by atoms with Crippen LogP contribution in [0.25, 0.3) is 0 Å². The Balaban J connectivity index is 2.59. The molecule has 5 N–H and O–H groups in total. The Kier molecular flexibility index (Phi) is 6.90. The zero-order valence-corrected chi connectivity index (χ0v) is 11.5. The molecule has 0 saturated carbocycles. The quantitative estimate of drug-likeness (QED) is 0.391. The number of aliphatic carboxylic acids is 1. The lowest BCUT2D eigenvalue weighted by molar-refractivity contribution is -0.137. The molecule has 0 saturated heterocycles. The zero-order chi connectivity index (χ0) is 15.7. The van der Waals surface area contributed by atoms with Crippen LogP contribution in [0.5, 0.6) is 0 Å². The molecule has 0 spiro atoms. The number of aliphatic hydroxyl groups excluding tert-OH is 1. The van der Waals surface area contributed by atoms with Crippen LogP contribution in [0.4, 0.5) is 0 Å². The van der Waals surface area contributed by atoms with Crippen LogP contribution in [0.1, 0.15) is 18.4 Å². The number of benzene rings is 1. The Morgan fingerprint density at radius 1 is 1.29 bits per heavy atom. The van der Waals surface area contributed by atoms with Crippen LogP contribution in [0.3, 0.4) is 0 Å². The van der Waals surface area contributed by atoms with Gasteiger partial charge in [-0.3, -0.25) is 9.59 Å². The smallest absolute Gasteiger partial charge is 0.303 e. The van der Waals surface area contributed by atoms with Crippen molar-refractivity contribution in [3.63, 3.8) is 0 Å². The Morgan fingerprint density at radius 3 is 2.52 bits per heavy atom. The van der Waals surface area contributed by atoms with E-state index >= 15 is 0 Å². The molecular formula is C14H19N3O4. The summed E-state index contributed by atoms with van der Waals surface area (Å²) in [6.07, 6.45) is -0.161. The lowest BCUT2D eigenvalue weighted by Gasteiger charge is -2.16. The molecule has 0 aliphatic rings. The number of carbonyl (C=O) groups excluding carboxylic acids is 1. The number of carbonyl (C=O) groups is 2. The number of guanidine groups is 1. The number of aliphatic hydroxyl groups is 1. The second kappa shape index (κ2) is 8.70. The van der Waals surface area contributed by atoms with Gasteiger partial charge in [-0.05, 0) is 12.0 Å². The lowest BCUT2D eigenvalue weighted by atomic mass is 10.1. The standard InChI is InChI=1S/C14H19N3O4/c15-14(16-8-10-4-2-1-3-5-10)17-11(12(19)9-18)6-7-13(20)21/h1-5,11,18H,6-9H2,(H,20,21)(H3,15,16,17). The second-order valence-corrected chi connectivity index (χ2v) is 4.44. The van der Waals surface area contributed by atoms with Gasteiger partial charge in [0.05, 0.1) is 12.6 Å². The van der Waals surface area contributed by atoms with Crippen molar-refractivity contribution in [3.05, 3.63) is 35.9 Å². The molecule has 1 rings (SSSR count). The summed E-state index contributed by atoms with van der Waals surface area (Å²) in [5, 5.41) is 20.2. The van der Waals surface area contributed by atoms with Gasteiger partial charge >= 0.3 is 5.97 Å². The van der Waals surface area contributed by atoms with Gasteiger partial charge in [-0.2, -0.15) is 0 Å².